The van der Waals surface area contributed by atoms with E-state index in [0.29, 0.717) is 12.8 Å². The number of ether oxygens (including phenoxy) is 1. The Kier molecular flexibility index (Phi) is 3.31. The van der Waals surface area contributed by atoms with Crippen molar-refractivity contribution in [3.05, 3.63) is 33.6 Å². The molecule has 0 aliphatic heterocycles. The van der Waals surface area contributed by atoms with E-state index in [1.807, 2.05) is 0 Å². The Morgan fingerprint density at radius 2 is 2.21 bits per heavy atom. The van der Waals surface area contributed by atoms with Crippen molar-refractivity contribution in [2.75, 3.05) is 7.11 Å². The molecule has 0 radical (unpaired) electrons. The van der Waals surface area contributed by atoms with E-state index in [0.717, 1.165) is 12.5 Å². The van der Waals surface area contributed by atoms with Crippen molar-refractivity contribution in [2.24, 2.45) is 4.99 Å². The van der Waals surface area contributed by atoms with Crippen LogP contribution in [0.25, 0.3) is 0 Å². The topological polar surface area (TPSA) is 81.8 Å². The number of isocyanates is 1. The Labute approximate surface area is 108 Å². The van der Waals surface area contributed by atoms with Crippen LogP contribution in [0.2, 0.25) is 0 Å². The van der Waals surface area contributed by atoms with Gasteiger partial charge in [-0.15, -0.1) is 0 Å². The van der Waals surface area contributed by atoms with Crippen LogP contribution in [0.3, 0.4) is 0 Å². The summed E-state index contributed by atoms with van der Waals surface area (Å²) in [6.45, 7) is 0. The third-order valence-electron chi connectivity index (χ3n) is 3.39. The first-order chi connectivity index (χ1) is 9.04. The van der Waals surface area contributed by atoms with E-state index >= 15 is 0 Å². The van der Waals surface area contributed by atoms with Crippen LogP contribution in [0.5, 0.6) is 5.75 Å². The van der Waals surface area contributed by atoms with Gasteiger partial charge in [-0.05, 0) is 19.3 Å². The highest BCUT2D eigenvalue weighted by Gasteiger charge is 2.43. The van der Waals surface area contributed by atoms with E-state index < -0.39 is 16.3 Å². The van der Waals surface area contributed by atoms with Crippen LogP contribution in [0, 0.1) is 15.9 Å². The summed E-state index contributed by atoms with van der Waals surface area (Å²) in [4.78, 5) is 24.3. The summed E-state index contributed by atoms with van der Waals surface area (Å²) in [6.07, 6.45) is 3.29. The quantitative estimate of drug-likeness (QED) is 0.363. The molecule has 100 valence electrons. The highest BCUT2D eigenvalue weighted by molar-refractivity contribution is 5.51. The molecule has 1 aromatic carbocycles. The maximum atomic E-state index is 13.8. The lowest BCUT2D eigenvalue weighted by atomic mass is 9.72. The second-order valence-electron chi connectivity index (χ2n) is 4.35. The molecule has 0 saturated heterocycles. The van der Waals surface area contributed by atoms with Crippen molar-refractivity contribution in [3.8, 4) is 5.75 Å². The standard InChI is InChI=1S/C12H11FN2O4/c1-19-11-9(12(14-7-16)3-2-4-12)5-8(15(17)18)6-10(11)13/h5-6H,2-4H2,1H3. The number of nitro groups is 1. The maximum absolute atomic E-state index is 13.8. The van der Waals surface area contributed by atoms with Gasteiger partial charge in [0.2, 0.25) is 6.08 Å². The van der Waals surface area contributed by atoms with E-state index in [1.165, 1.54) is 19.3 Å². The van der Waals surface area contributed by atoms with Crippen molar-refractivity contribution >= 4 is 11.8 Å². The summed E-state index contributed by atoms with van der Waals surface area (Å²) in [5.41, 5.74) is -1.10. The van der Waals surface area contributed by atoms with Crippen molar-refractivity contribution < 1.29 is 18.8 Å². The van der Waals surface area contributed by atoms with Gasteiger partial charge in [0.15, 0.2) is 11.6 Å². The Morgan fingerprint density at radius 1 is 1.53 bits per heavy atom. The summed E-state index contributed by atoms with van der Waals surface area (Å²) < 4.78 is 18.8. The number of rotatable bonds is 4. The third-order valence-corrected chi connectivity index (χ3v) is 3.39. The molecule has 1 saturated carbocycles. The molecule has 0 unspecified atom stereocenters. The number of methoxy groups -OCH3 is 1. The maximum Gasteiger partial charge on any atom is 0.273 e. The Bertz CT molecular complexity index is 577. The molecule has 7 heteroatoms. The van der Waals surface area contributed by atoms with Gasteiger partial charge in [0.05, 0.1) is 18.1 Å². The second-order valence-corrected chi connectivity index (χ2v) is 4.35. The van der Waals surface area contributed by atoms with Gasteiger partial charge in [-0.25, -0.2) is 9.18 Å². The Morgan fingerprint density at radius 3 is 2.63 bits per heavy atom. The summed E-state index contributed by atoms with van der Waals surface area (Å²) in [5, 5.41) is 10.8. The summed E-state index contributed by atoms with van der Waals surface area (Å²) in [5.74, 6) is -0.941. The first-order valence-corrected chi connectivity index (χ1v) is 5.65. The number of halogens is 1. The van der Waals surface area contributed by atoms with Gasteiger partial charge in [0.25, 0.3) is 5.69 Å². The molecule has 0 amide bonds. The number of nitrogens with zero attached hydrogens (tertiary/aromatic N) is 2. The highest BCUT2D eigenvalue weighted by atomic mass is 19.1. The van der Waals surface area contributed by atoms with Crippen LogP contribution < -0.4 is 4.74 Å². The van der Waals surface area contributed by atoms with Crippen LogP contribution in [-0.4, -0.2) is 18.1 Å². The van der Waals surface area contributed by atoms with E-state index in [2.05, 4.69) is 4.99 Å². The lowest BCUT2D eigenvalue weighted by molar-refractivity contribution is -0.385. The first-order valence-electron chi connectivity index (χ1n) is 5.65. The molecule has 1 aromatic rings. The van der Waals surface area contributed by atoms with Crippen molar-refractivity contribution in [3.63, 3.8) is 0 Å². The zero-order valence-electron chi connectivity index (χ0n) is 10.2. The molecule has 0 aromatic heterocycles. The van der Waals surface area contributed by atoms with Gasteiger partial charge in [0, 0.05) is 11.6 Å². The molecule has 1 aliphatic rings. The average molecular weight is 266 g/mol. The van der Waals surface area contributed by atoms with E-state index in [1.54, 1.807) is 0 Å². The molecule has 19 heavy (non-hydrogen) atoms. The molecule has 2 rings (SSSR count). The summed E-state index contributed by atoms with van der Waals surface area (Å²) in [6, 6.07) is 2.00. The number of nitro benzene ring substituents is 1. The van der Waals surface area contributed by atoms with Gasteiger partial charge in [-0.3, -0.25) is 10.1 Å². The number of non-ortho nitro benzene ring substituents is 1. The molecular weight excluding hydrogens is 255 g/mol. The number of hydrogen-bond acceptors (Lipinski definition) is 5. The monoisotopic (exact) mass is 266 g/mol. The van der Waals surface area contributed by atoms with E-state index in [9.17, 15) is 19.3 Å². The molecule has 0 N–H and O–H groups in total. The SMILES string of the molecule is COc1c(F)cc([N+](=O)[O-])cc1C1(N=C=O)CCC1. The first kappa shape index (κ1) is 13.2. The fourth-order valence-corrected chi connectivity index (χ4v) is 2.28. The summed E-state index contributed by atoms with van der Waals surface area (Å²) in [7, 11) is 1.27. The number of hydrogen-bond donors (Lipinski definition) is 0. The molecule has 6 nitrogen and oxygen atoms in total. The molecule has 1 aliphatic carbocycles. The lowest BCUT2D eigenvalue weighted by Gasteiger charge is -2.37. The largest absolute Gasteiger partial charge is 0.493 e. The van der Waals surface area contributed by atoms with Gasteiger partial charge in [0.1, 0.15) is 5.54 Å². The van der Waals surface area contributed by atoms with Crippen LogP contribution >= 0.6 is 0 Å². The Balaban J connectivity index is 2.66. The minimum absolute atomic E-state index is 0.107. The minimum Gasteiger partial charge on any atom is -0.493 e. The number of benzene rings is 1. The van der Waals surface area contributed by atoms with Crippen molar-refractivity contribution in [1.82, 2.24) is 0 Å². The minimum atomic E-state index is -0.944. The van der Waals surface area contributed by atoms with E-state index in [4.69, 9.17) is 4.74 Å². The van der Waals surface area contributed by atoms with Crippen molar-refractivity contribution in [2.45, 2.75) is 24.8 Å². The molecule has 1 fully saturated rings. The fraction of sp³-hybridized carbons (Fsp3) is 0.417. The zero-order valence-corrected chi connectivity index (χ0v) is 10.2. The predicted molar refractivity (Wildman–Crippen MR) is 63.3 cm³/mol. The van der Waals surface area contributed by atoms with Gasteiger partial charge >= 0.3 is 0 Å². The normalized spacial score (nSPS) is 16.1. The predicted octanol–water partition coefficient (Wildman–Crippen LogP) is 2.46. The van der Waals surface area contributed by atoms with E-state index in [-0.39, 0.29) is 17.0 Å². The van der Waals surface area contributed by atoms with Crippen LogP contribution in [0.1, 0.15) is 24.8 Å². The van der Waals surface area contributed by atoms with Gasteiger partial charge in [-0.1, -0.05) is 0 Å². The number of aliphatic imine (C=N–C) groups is 1. The third kappa shape index (κ3) is 2.08. The molecular formula is C12H11FN2O4. The molecule has 0 heterocycles. The summed E-state index contributed by atoms with van der Waals surface area (Å²) >= 11 is 0. The molecule has 0 spiro atoms. The average Bonchev–Trinajstić information content (AvgIpc) is 2.32. The van der Waals surface area contributed by atoms with Crippen molar-refractivity contribution in [1.29, 1.82) is 0 Å². The number of carbonyl (C=O) groups excluding carboxylic acids is 1. The van der Waals surface area contributed by atoms with Crippen LogP contribution in [-0.2, 0) is 10.3 Å². The molecule has 0 atom stereocenters. The highest BCUT2D eigenvalue weighted by Crippen LogP contribution is 2.49. The fourth-order valence-electron chi connectivity index (χ4n) is 2.28. The second kappa shape index (κ2) is 4.78. The van der Waals surface area contributed by atoms with Gasteiger partial charge in [-0.2, -0.15) is 4.99 Å². The van der Waals surface area contributed by atoms with Crippen LogP contribution in [0.15, 0.2) is 17.1 Å². The van der Waals surface area contributed by atoms with Gasteiger partial charge < -0.3 is 4.74 Å². The smallest absolute Gasteiger partial charge is 0.273 e. The Hall–Kier alpha value is -2.27. The lowest BCUT2D eigenvalue weighted by Crippen LogP contribution is -2.32. The molecule has 0 bridgehead atoms. The zero-order chi connectivity index (χ0) is 14.0. The van der Waals surface area contributed by atoms with Crippen LogP contribution in [0.4, 0.5) is 10.1 Å².